The van der Waals surface area contributed by atoms with Crippen LogP contribution in [0.3, 0.4) is 0 Å². The summed E-state index contributed by atoms with van der Waals surface area (Å²) in [4.78, 5) is 0. The first kappa shape index (κ1) is 22.3. The van der Waals surface area contributed by atoms with Crippen LogP contribution in [0.15, 0.2) is 47.1 Å². The molecule has 6 atom stereocenters. The van der Waals surface area contributed by atoms with E-state index in [2.05, 4.69) is 53.7 Å². The smallest absolute Gasteiger partial charge is 0.115 e. The molecule has 0 bridgehead atoms. The third kappa shape index (κ3) is 2.94. The Morgan fingerprint density at radius 1 is 1.03 bits per heavy atom. The van der Waals surface area contributed by atoms with Crippen molar-refractivity contribution in [1.82, 2.24) is 0 Å². The first-order valence-electron chi connectivity index (χ1n) is 12.9. The molecule has 0 heterocycles. The van der Waals surface area contributed by atoms with Crippen molar-refractivity contribution in [2.75, 3.05) is 0 Å². The zero-order valence-electron chi connectivity index (χ0n) is 20.9. The molecule has 0 radical (unpaired) electrons. The molecule has 2 N–H and O–H groups in total. The standard InChI is InChI=1S/C30H42O2/c1-18(2)23-11-12-24-21-10-13-26-28(3,4)27(32)22(19-8-7-9-20(31)16-19)17-30(26,6)25(21)14-15-29(23,24)5/h7-9,12,16,18,22-23,26-27,31-32H,10-11,13-15,17H2,1-6H3/t22-,23-,26+,27+,29-,30-/m1/s1. The normalized spacial score (nSPS) is 40.6. The Labute approximate surface area is 194 Å². The van der Waals surface area contributed by atoms with E-state index in [1.165, 1.54) is 32.1 Å². The molecule has 0 amide bonds. The van der Waals surface area contributed by atoms with E-state index >= 15 is 0 Å². The maximum absolute atomic E-state index is 11.6. The molecule has 2 nitrogen and oxygen atoms in total. The van der Waals surface area contributed by atoms with Gasteiger partial charge in [-0.15, -0.1) is 0 Å². The molecule has 2 heteroatoms. The number of phenolic OH excluding ortho intramolecular Hbond substituents is 1. The molecule has 0 aliphatic heterocycles. The largest absolute Gasteiger partial charge is 0.508 e. The van der Waals surface area contributed by atoms with Gasteiger partial charge in [-0.2, -0.15) is 0 Å². The highest BCUT2D eigenvalue weighted by Crippen LogP contribution is 2.68. The van der Waals surface area contributed by atoms with Crippen LogP contribution in [0.5, 0.6) is 5.75 Å². The first-order valence-corrected chi connectivity index (χ1v) is 12.9. The van der Waals surface area contributed by atoms with Gasteiger partial charge in [-0.3, -0.25) is 0 Å². The van der Waals surface area contributed by atoms with Gasteiger partial charge in [-0.05, 0) is 101 Å². The first-order chi connectivity index (χ1) is 15.0. The summed E-state index contributed by atoms with van der Waals surface area (Å²) in [7, 11) is 0. The van der Waals surface area contributed by atoms with Crippen LogP contribution in [0.25, 0.3) is 0 Å². The van der Waals surface area contributed by atoms with Gasteiger partial charge in [-0.1, -0.05) is 65.3 Å². The Kier molecular flexibility index (Phi) is 5.03. The zero-order chi connectivity index (χ0) is 23.1. The molecular weight excluding hydrogens is 392 g/mol. The minimum Gasteiger partial charge on any atom is -0.508 e. The second-order valence-corrected chi connectivity index (χ2v) is 12.8. The average molecular weight is 435 g/mol. The minimum absolute atomic E-state index is 0.0551. The summed E-state index contributed by atoms with van der Waals surface area (Å²) in [6, 6.07) is 7.62. The molecule has 1 aromatic rings. The van der Waals surface area contributed by atoms with E-state index in [9.17, 15) is 10.2 Å². The Morgan fingerprint density at radius 3 is 2.47 bits per heavy atom. The van der Waals surface area contributed by atoms with Crippen LogP contribution < -0.4 is 0 Å². The van der Waals surface area contributed by atoms with Crippen molar-refractivity contribution in [2.45, 2.75) is 92.1 Å². The number of rotatable bonds is 2. The van der Waals surface area contributed by atoms with Crippen molar-refractivity contribution in [2.24, 2.45) is 34.0 Å². The van der Waals surface area contributed by atoms with Crippen molar-refractivity contribution in [3.05, 3.63) is 52.6 Å². The summed E-state index contributed by atoms with van der Waals surface area (Å²) in [5.41, 5.74) is 6.42. The lowest BCUT2D eigenvalue weighted by molar-refractivity contribution is -0.104. The number of phenols is 1. The summed E-state index contributed by atoms with van der Waals surface area (Å²) >= 11 is 0. The van der Waals surface area contributed by atoms with Gasteiger partial charge in [0.05, 0.1) is 6.10 Å². The number of hydrogen-bond acceptors (Lipinski definition) is 2. The molecule has 5 rings (SSSR count). The highest BCUT2D eigenvalue weighted by molar-refractivity contribution is 5.50. The topological polar surface area (TPSA) is 40.5 Å². The highest BCUT2D eigenvalue weighted by atomic mass is 16.3. The SMILES string of the molecule is CC(C)[C@H]1CC=C2C3=C(CC[C@@]21C)[C@@]1(C)C[C@H](c2cccc(O)c2)[C@H](O)C(C)(C)[C@@H]1CC3. The molecule has 1 aromatic carbocycles. The highest BCUT2D eigenvalue weighted by Gasteiger charge is 2.59. The van der Waals surface area contributed by atoms with Gasteiger partial charge >= 0.3 is 0 Å². The van der Waals surface area contributed by atoms with Crippen LogP contribution in [-0.2, 0) is 0 Å². The lowest BCUT2D eigenvalue weighted by atomic mass is 9.44. The van der Waals surface area contributed by atoms with Crippen molar-refractivity contribution in [3.63, 3.8) is 0 Å². The predicted molar refractivity (Wildman–Crippen MR) is 131 cm³/mol. The average Bonchev–Trinajstić information content (AvgIpc) is 3.08. The van der Waals surface area contributed by atoms with Gasteiger partial charge in [0, 0.05) is 5.92 Å². The number of aliphatic hydroxyl groups excluding tert-OH is 1. The fourth-order valence-corrected chi connectivity index (χ4v) is 8.97. The lowest BCUT2D eigenvalue weighted by Gasteiger charge is -2.61. The van der Waals surface area contributed by atoms with Crippen molar-refractivity contribution in [3.8, 4) is 5.75 Å². The van der Waals surface area contributed by atoms with E-state index < -0.39 is 6.10 Å². The van der Waals surface area contributed by atoms with Crippen LogP contribution in [0.4, 0.5) is 0 Å². The fourth-order valence-electron chi connectivity index (χ4n) is 8.97. The Balaban J connectivity index is 1.59. The number of allylic oxidation sites excluding steroid dienone is 4. The molecule has 32 heavy (non-hydrogen) atoms. The molecule has 4 aliphatic rings. The molecule has 0 spiro atoms. The molecule has 0 aromatic heterocycles. The van der Waals surface area contributed by atoms with E-state index in [4.69, 9.17) is 0 Å². The second kappa shape index (κ2) is 7.23. The number of benzene rings is 1. The number of fused-ring (bicyclic) bond motifs is 4. The van der Waals surface area contributed by atoms with Gasteiger partial charge in [0.1, 0.15) is 5.75 Å². The van der Waals surface area contributed by atoms with E-state index in [1.54, 1.807) is 22.8 Å². The Bertz CT molecular complexity index is 982. The Morgan fingerprint density at radius 2 is 1.78 bits per heavy atom. The predicted octanol–water partition coefficient (Wildman–Crippen LogP) is 7.38. The molecule has 1 fully saturated rings. The fraction of sp³-hybridized carbons (Fsp3) is 0.667. The van der Waals surface area contributed by atoms with Crippen molar-refractivity contribution < 1.29 is 10.2 Å². The quantitative estimate of drug-likeness (QED) is 0.510. The number of aliphatic hydroxyl groups is 1. The van der Waals surface area contributed by atoms with Crippen LogP contribution in [0, 0.1) is 34.0 Å². The van der Waals surface area contributed by atoms with Gasteiger partial charge in [0.2, 0.25) is 0 Å². The van der Waals surface area contributed by atoms with Gasteiger partial charge in [0.15, 0.2) is 0 Å². The van der Waals surface area contributed by atoms with Gasteiger partial charge in [-0.25, -0.2) is 0 Å². The maximum atomic E-state index is 11.6. The molecule has 4 aliphatic carbocycles. The molecule has 0 unspecified atom stereocenters. The molecule has 1 saturated carbocycles. The maximum Gasteiger partial charge on any atom is 0.115 e. The summed E-state index contributed by atoms with van der Waals surface area (Å²) in [6.07, 6.45) is 9.23. The third-order valence-electron chi connectivity index (χ3n) is 10.5. The Hall–Kier alpha value is -1.54. The van der Waals surface area contributed by atoms with E-state index in [0.29, 0.717) is 17.1 Å². The van der Waals surface area contributed by atoms with Crippen LogP contribution in [0.1, 0.15) is 91.5 Å². The summed E-state index contributed by atoms with van der Waals surface area (Å²) in [5.74, 6) is 2.33. The summed E-state index contributed by atoms with van der Waals surface area (Å²) < 4.78 is 0. The monoisotopic (exact) mass is 434 g/mol. The molecule has 174 valence electrons. The van der Waals surface area contributed by atoms with Gasteiger partial charge < -0.3 is 10.2 Å². The van der Waals surface area contributed by atoms with E-state index in [1.807, 2.05) is 12.1 Å². The van der Waals surface area contributed by atoms with Crippen molar-refractivity contribution in [1.29, 1.82) is 0 Å². The van der Waals surface area contributed by atoms with Crippen LogP contribution >= 0.6 is 0 Å². The van der Waals surface area contributed by atoms with Crippen molar-refractivity contribution >= 4 is 0 Å². The van der Waals surface area contributed by atoms with E-state index in [-0.39, 0.29) is 16.7 Å². The lowest BCUT2D eigenvalue weighted by Crippen LogP contribution is -2.55. The third-order valence-corrected chi connectivity index (χ3v) is 10.5. The summed E-state index contributed by atoms with van der Waals surface area (Å²) in [5, 5.41) is 21.7. The summed E-state index contributed by atoms with van der Waals surface area (Å²) in [6.45, 7) is 14.4. The van der Waals surface area contributed by atoms with E-state index in [0.717, 1.165) is 23.8 Å². The molecular formula is C30H42O2. The van der Waals surface area contributed by atoms with Crippen LogP contribution in [0.2, 0.25) is 0 Å². The van der Waals surface area contributed by atoms with Crippen LogP contribution in [-0.4, -0.2) is 16.3 Å². The number of hydrogen-bond donors (Lipinski definition) is 2. The minimum atomic E-state index is -0.394. The zero-order valence-corrected chi connectivity index (χ0v) is 20.9. The second-order valence-electron chi connectivity index (χ2n) is 12.8. The number of aromatic hydroxyl groups is 1. The molecule has 0 saturated heterocycles. The van der Waals surface area contributed by atoms with Gasteiger partial charge in [0.25, 0.3) is 0 Å².